The first-order valence-corrected chi connectivity index (χ1v) is 9.00. The highest BCUT2D eigenvalue weighted by atomic mass is 35.5. The van der Waals surface area contributed by atoms with E-state index in [9.17, 15) is 9.59 Å². The van der Waals surface area contributed by atoms with E-state index < -0.39 is 11.8 Å². The third kappa shape index (κ3) is 6.42. The number of carbonyl (C=O) groups excluding carboxylic acids is 2. The number of hydrogen-bond acceptors (Lipinski definition) is 4. The van der Waals surface area contributed by atoms with Crippen molar-refractivity contribution in [1.29, 1.82) is 0 Å². The van der Waals surface area contributed by atoms with Crippen molar-refractivity contribution in [1.82, 2.24) is 10.7 Å². The Hall–Kier alpha value is -2.86. The molecule has 0 saturated carbocycles. The standard InChI is InChI=1S/C20H22ClN3O3/c1-3-11-27-18-10-9-15(12-17(18)21)13-22-24-20(26)19(25)23-14(2)16-7-5-4-6-8-16/h4-10,12-14H,3,11H2,1-2H3,(H,23,25)(H,24,26)/b22-13-/t14-/m1/s1. The maximum Gasteiger partial charge on any atom is 0.329 e. The van der Waals surface area contributed by atoms with Crippen LogP contribution in [0.1, 0.15) is 37.4 Å². The Labute approximate surface area is 163 Å². The van der Waals surface area contributed by atoms with Gasteiger partial charge in [-0.3, -0.25) is 9.59 Å². The lowest BCUT2D eigenvalue weighted by Crippen LogP contribution is -2.39. The number of rotatable bonds is 7. The summed E-state index contributed by atoms with van der Waals surface area (Å²) in [6.07, 6.45) is 2.29. The molecule has 0 fully saturated rings. The molecule has 7 heteroatoms. The lowest BCUT2D eigenvalue weighted by molar-refractivity contribution is -0.139. The molecule has 0 bridgehead atoms. The van der Waals surface area contributed by atoms with Crippen LogP contribution in [-0.4, -0.2) is 24.6 Å². The number of nitrogens with zero attached hydrogens (tertiary/aromatic N) is 1. The fraction of sp³-hybridized carbons (Fsp3) is 0.250. The zero-order chi connectivity index (χ0) is 19.6. The number of carbonyl (C=O) groups is 2. The Morgan fingerprint density at radius 3 is 2.59 bits per heavy atom. The highest BCUT2D eigenvalue weighted by Gasteiger charge is 2.16. The molecular formula is C20H22ClN3O3. The van der Waals surface area contributed by atoms with Gasteiger partial charge in [-0.05, 0) is 42.7 Å². The zero-order valence-electron chi connectivity index (χ0n) is 15.2. The van der Waals surface area contributed by atoms with Crippen LogP contribution in [0.15, 0.2) is 53.6 Å². The van der Waals surface area contributed by atoms with Crippen LogP contribution in [0.3, 0.4) is 0 Å². The van der Waals surface area contributed by atoms with E-state index in [0.29, 0.717) is 22.9 Å². The van der Waals surface area contributed by atoms with Crippen molar-refractivity contribution < 1.29 is 14.3 Å². The Morgan fingerprint density at radius 1 is 1.19 bits per heavy atom. The number of ether oxygens (including phenoxy) is 1. The number of hydrazone groups is 1. The topological polar surface area (TPSA) is 79.8 Å². The molecular weight excluding hydrogens is 366 g/mol. The fourth-order valence-corrected chi connectivity index (χ4v) is 2.47. The molecule has 27 heavy (non-hydrogen) atoms. The number of hydrogen-bond donors (Lipinski definition) is 2. The summed E-state index contributed by atoms with van der Waals surface area (Å²) >= 11 is 6.13. The minimum absolute atomic E-state index is 0.289. The monoisotopic (exact) mass is 387 g/mol. The minimum atomic E-state index is -0.844. The van der Waals surface area contributed by atoms with E-state index >= 15 is 0 Å². The van der Waals surface area contributed by atoms with E-state index in [-0.39, 0.29) is 6.04 Å². The van der Waals surface area contributed by atoms with Crippen LogP contribution in [0.5, 0.6) is 5.75 Å². The summed E-state index contributed by atoms with van der Waals surface area (Å²) in [6.45, 7) is 4.39. The molecule has 0 radical (unpaired) electrons. The molecule has 0 unspecified atom stereocenters. The molecule has 2 rings (SSSR count). The van der Waals surface area contributed by atoms with Gasteiger partial charge in [0.15, 0.2) is 0 Å². The van der Waals surface area contributed by atoms with Crippen molar-refractivity contribution in [3.63, 3.8) is 0 Å². The molecule has 2 N–H and O–H groups in total. The average Bonchev–Trinajstić information content (AvgIpc) is 2.67. The molecule has 0 heterocycles. The number of benzene rings is 2. The van der Waals surface area contributed by atoms with Gasteiger partial charge in [-0.25, -0.2) is 5.43 Å². The summed E-state index contributed by atoms with van der Waals surface area (Å²) in [7, 11) is 0. The van der Waals surface area contributed by atoms with E-state index in [4.69, 9.17) is 16.3 Å². The van der Waals surface area contributed by atoms with Crippen LogP contribution in [0.25, 0.3) is 0 Å². The molecule has 2 aromatic rings. The molecule has 0 aliphatic heterocycles. The van der Waals surface area contributed by atoms with Crippen molar-refractivity contribution in [2.75, 3.05) is 6.61 Å². The predicted molar refractivity (Wildman–Crippen MR) is 106 cm³/mol. The average molecular weight is 388 g/mol. The molecule has 0 spiro atoms. The van der Waals surface area contributed by atoms with Gasteiger partial charge >= 0.3 is 11.8 Å². The molecule has 0 saturated heterocycles. The second kappa shape index (κ2) is 10.3. The van der Waals surface area contributed by atoms with Gasteiger partial charge in [0, 0.05) is 0 Å². The van der Waals surface area contributed by atoms with Crippen molar-refractivity contribution in [2.24, 2.45) is 5.10 Å². The summed E-state index contributed by atoms with van der Waals surface area (Å²) in [5.41, 5.74) is 3.77. The van der Waals surface area contributed by atoms with Gasteiger partial charge in [0.1, 0.15) is 5.75 Å². The second-order valence-corrected chi connectivity index (χ2v) is 6.25. The fourth-order valence-electron chi connectivity index (χ4n) is 2.23. The maximum atomic E-state index is 11.9. The van der Waals surface area contributed by atoms with Gasteiger partial charge in [0.25, 0.3) is 0 Å². The summed E-state index contributed by atoms with van der Waals surface area (Å²) in [4.78, 5) is 23.8. The Morgan fingerprint density at radius 2 is 1.93 bits per heavy atom. The number of halogens is 1. The molecule has 0 aromatic heterocycles. The van der Waals surface area contributed by atoms with Crippen LogP contribution in [0.2, 0.25) is 5.02 Å². The zero-order valence-corrected chi connectivity index (χ0v) is 16.0. The lowest BCUT2D eigenvalue weighted by atomic mass is 10.1. The van der Waals surface area contributed by atoms with Crippen molar-refractivity contribution in [2.45, 2.75) is 26.3 Å². The molecule has 0 aliphatic carbocycles. The molecule has 1 atom stereocenters. The van der Waals surface area contributed by atoms with Crippen molar-refractivity contribution in [3.05, 3.63) is 64.7 Å². The van der Waals surface area contributed by atoms with Gasteiger partial charge in [0.05, 0.1) is 23.9 Å². The van der Waals surface area contributed by atoms with E-state index in [1.54, 1.807) is 25.1 Å². The number of amides is 2. The first-order chi connectivity index (χ1) is 13.0. The third-order valence-electron chi connectivity index (χ3n) is 3.65. The van der Waals surface area contributed by atoms with Gasteiger partial charge in [-0.2, -0.15) is 5.10 Å². The van der Waals surface area contributed by atoms with Crippen molar-refractivity contribution >= 4 is 29.6 Å². The smallest absolute Gasteiger partial charge is 0.329 e. The molecule has 6 nitrogen and oxygen atoms in total. The SMILES string of the molecule is CCCOc1ccc(/C=N\NC(=O)C(=O)N[C@H](C)c2ccccc2)cc1Cl. The molecule has 142 valence electrons. The van der Waals surface area contributed by atoms with Crippen molar-refractivity contribution in [3.8, 4) is 5.75 Å². The van der Waals surface area contributed by atoms with E-state index in [0.717, 1.165) is 12.0 Å². The maximum absolute atomic E-state index is 11.9. The third-order valence-corrected chi connectivity index (χ3v) is 3.95. The second-order valence-electron chi connectivity index (χ2n) is 5.84. The van der Waals surface area contributed by atoms with Gasteiger partial charge < -0.3 is 10.1 Å². The van der Waals surface area contributed by atoms with Crippen LogP contribution in [0.4, 0.5) is 0 Å². The van der Waals surface area contributed by atoms with Crippen LogP contribution < -0.4 is 15.5 Å². The van der Waals surface area contributed by atoms with Gasteiger partial charge in [-0.1, -0.05) is 48.9 Å². The normalized spacial score (nSPS) is 11.8. The Bertz CT molecular complexity index is 809. The first kappa shape index (κ1) is 20.5. The summed E-state index contributed by atoms with van der Waals surface area (Å²) in [5, 5.41) is 6.86. The molecule has 2 amide bonds. The Balaban J connectivity index is 1.87. The minimum Gasteiger partial charge on any atom is -0.492 e. The quantitative estimate of drug-likeness (QED) is 0.433. The summed E-state index contributed by atoms with van der Waals surface area (Å²) in [5.74, 6) is -1.01. The highest BCUT2D eigenvalue weighted by molar-refractivity contribution is 6.35. The molecule has 2 aromatic carbocycles. The van der Waals surface area contributed by atoms with Crippen LogP contribution in [-0.2, 0) is 9.59 Å². The molecule has 0 aliphatic rings. The Kier molecular flexibility index (Phi) is 7.82. The van der Waals surface area contributed by atoms with Gasteiger partial charge in [-0.15, -0.1) is 0 Å². The van der Waals surface area contributed by atoms with Gasteiger partial charge in [0.2, 0.25) is 0 Å². The summed E-state index contributed by atoms with van der Waals surface area (Å²) in [6, 6.07) is 14.2. The van der Waals surface area contributed by atoms with Crippen LogP contribution in [0, 0.1) is 0 Å². The largest absolute Gasteiger partial charge is 0.492 e. The van der Waals surface area contributed by atoms with E-state index in [2.05, 4.69) is 15.8 Å². The lowest BCUT2D eigenvalue weighted by Gasteiger charge is -2.13. The predicted octanol–water partition coefficient (Wildman–Crippen LogP) is 3.46. The highest BCUT2D eigenvalue weighted by Crippen LogP contribution is 2.25. The first-order valence-electron chi connectivity index (χ1n) is 8.62. The number of nitrogens with one attached hydrogen (secondary N) is 2. The summed E-state index contributed by atoms with van der Waals surface area (Å²) < 4.78 is 5.49. The van der Waals surface area contributed by atoms with Crippen LogP contribution >= 0.6 is 11.6 Å². The van der Waals surface area contributed by atoms with E-state index in [1.165, 1.54) is 6.21 Å². The van der Waals surface area contributed by atoms with E-state index in [1.807, 2.05) is 37.3 Å².